The van der Waals surface area contributed by atoms with Crippen molar-refractivity contribution in [2.75, 3.05) is 0 Å². The lowest BCUT2D eigenvalue weighted by Crippen LogP contribution is -1.87. The van der Waals surface area contributed by atoms with Crippen molar-refractivity contribution in [1.82, 2.24) is 0 Å². The van der Waals surface area contributed by atoms with Crippen LogP contribution in [0.1, 0.15) is 0 Å². The summed E-state index contributed by atoms with van der Waals surface area (Å²) in [4.78, 5) is 0. The molecule has 0 aliphatic carbocycles. The molecule has 0 bridgehead atoms. The summed E-state index contributed by atoms with van der Waals surface area (Å²) in [6.45, 7) is 0. The van der Waals surface area contributed by atoms with Gasteiger partial charge in [0.2, 0.25) is 0 Å². The van der Waals surface area contributed by atoms with Crippen molar-refractivity contribution < 1.29 is 4.42 Å². The van der Waals surface area contributed by atoms with Crippen LogP contribution in [0.15, 0.2) is 174 Å². The van der Waals surface area contributed by atoms with Crippen molar-refractivity contribution >= 4 is 65.0 Å². The van der Waals surface area contributed by atoms with Gasteiger partial charge >= 0.3 is 0 Å². The third-order valence-electron chi connectivity index (χ3n) is 9.83. The van der Waals surface area contributed by atoms with E-state index in [9.17, 15) is 0 Å². The Morgan fingerprint density at radius 1 is 0.255 bits per heavy atom. The van der Waals surface area contributed by atoms with Gasteiger partial charge < -0.3 is 4.42 Å². The Kier molecular flexibility index (Phi) is 5.64. The van der Waals surface area contributed by atoms with E-state index in [1.165, 1.54) is 76.5 Å². The molecule has 218 valence electrons. The standard InChI is InChI=1S/C46H28O/c1-2-8-29(9-3-1)33-19-22-45-43(26-33)44-27-34(20-23-46(44)47-45)32-16-14-30-15-17-35(25-36(30)24-32)41-28-42-37-11-5-4-10-31(37)18-21-40(42)38-12-6-7-13-39(38)41/h1-28H. The molecular weight excluding hydrogens is 569 g/mol. The molecule has 0 unspecified atom stereocenters. The first-order valence-corrected chi connectivity index (χ1v) is 16.2. The zero-order valence-corrected chi connectivity index (χ0v) is 25.6. The van der Waals surface area contributed by atoms with Gasteiger partial charge in [-0.15, -0.1) is 0 Å². The van der Waals surface area contributed by atoms with Gasteiger partial charge in [-0.3, -0.25) is 0 Å². The zero-order valence-electron chi connectivity index (χ0n) is 25.6. The van der Waals surface area contributed by atoms with Crippen molar-refractivity contribution in [2.45, 2.75) is 0 Å². The first-order valence-electron chi connectivity index (χ1n) is 16.2. The van der Waals surface area contributed by atoms with E-state index in [0.29, 0.717) is 0 Å². The van der Waals surface area contributed by atoms with E-state index in [2.05, 4.69) is 170 Å². The first kappa shape index (κ1) is 26.1. The number of benzene rings is 9. The van der Waals surface area contributed by atoms with Crippen LogP contribution < -0.4 is 0 Å². The minimum absolute atomic E-state index is 0.910. The summed E-state index contributed by atoms with van der Waals surface area (Å²) in [6, 6.07) is 61.7. The highest BCUT2D eigenvalue weighted by atomic mass is 16.3. The number of fused-ring (bicyclic) bond motifs is 9. The van der Waals surface area contributed by atoms with E-state index in [-0.39, 0.29) is 0 Å². The summed E-state index contributed by atoms with van der Waals surface area (Å²) in [5.74, 6) is 0. The normalized spacial score (nSPS) is 11.8. The predicted molar refractivity (Wildman–Crippen MR) is 200 cm³/mol. The molecule has 0 aliphatic heterocycles. The Morgan fingerprint density at radius 2 is 0.809 bits per heavy atom. The molecule has 10 aromatic rings. The predicted octanol–water partition coefficient (Wildman–Crippen LogP) is 13.2. The molecule has 0 saturated carbocycles. The van der Waals surface area contributed by atoms with E-state index in [4.69, 9.17) is 4.42 Å². The fraction of sp³-hybridized carbons (Fsp3) is 0. The molecule has 0 N–H and O–H groups in total. The Morgan fingerprint density at radius 3 is 1.60 bits per heavy atom. The third-order valence-corrected chi connectivity index (χ3v) is 9.83. The van der Waals surface area contributed by atoms with Crippen LogP contribution in [0.2, 0.25) is 0 Å². The second-order valence-corrected chi connectivity index (χ2v) is 12.5. The minimum atomic E-state index is 0.910. The second-order valence-electron chi connectivity index (χ2n) is 12.5. The van der Waals surface area contributed by atoms with Crippen LogP contribution in [0.25, 0.3) is 98.4 Å². The lowest BCUT2D eigenvalue weighted by Gasteiger charge is -2.14. The van der Waals surface area contributed by atoms with Gasteiger partial charge in [0, 0.05) is 10.8 Å². The van der Waals surface area contributed by atoms with E-state index < -0.39 is 0 Å². The van der Waals surface area contributed by atoms with Gasteiger partial charge in [0.1, 0.15) is 11.2 Å². The molecule has 47 heavy (non-hydrogen) atoms. The van der Waals surface area contributed by atoms with E-state index in [0.717, 1.165) is 21.9 Å². The van der Waals surface area contributed by atoms with Crippen LogP contribution in [-0.4, -0.2) is 0 Å². The molecule has 1 aromatic heterocycles. The highest BCUT2D eigenvalue weighted by Crippen LogP contribution is 2.40. The van der Waals surface area contributed by atoms with Crippen molar-refractivity contribution in [2.24, 2.45) is 0 Å². The largest absolute Gasteiger partial charge is 0.456 e. The summed E-state index contributed by atoms with van der Waals surface area (Å²) in [6.07, 6.45) is 0. The SMILES string of the molecule is c1ccc(-c2ccc3oc4ccc(-c5ccc6ccc(-c7cc8c9ccccc9ccc8c8ccccc78)cc6c5)cc4c3c2)cc1. The average molecular weight is 597 g/mol. The molecule has 0 atom stereocenters. The summed E-state index contributed by atoms with van der Waals surface area (Å²) >= 11 is 0. The molecule has 0 spiro atoms. The molecule has 0 radical (unpaired) electrons. The molecule has 0 fully saturated rings. The molecule has 9 aromatic carbocycles. The topological polar surface area (TPSA) is 13.1 Å². The van der Waals surface area contributed by atoms with Crippen molar-refractivity contribution in [3.63, 3.8) is 0 Å². The molecule has 0 aliphatic rings. The number of hydrogen-bond acceptors (Lipinski definition) is 1. The average Bonchev–Trinajstić information content (AvgIpc) is 3.51. The van der Waals surface area contributed by atoms with Crippen molar-refractivity contribution in [3.8, 4) is 33.4 Å². The van der Waals surface area contributed by atoms with Crippen LogP contribution in [0, 0.1) is 0 Å². The first-order chi connectivity index (χ1) is 23.3. The van der Waals surface area contributed by atoms with Crippen LogP contribution in [-0.2, 0) is 0 Å². The summed E-state index contributed by atoms with van der Waals surface area (Å²) in [5.41, 5.74) is 9.08. The Labute approximate surface area is 271 Å². The minimum Gasteiger partial charge on any atom is -0.456 e. The fourth-order valence-corrected chi connectivity index (χ4v) is 7.46. The van der Waals surface area contributed by atoms with Crippen LogP contribution in [0.3, 0.4) is 0 Å². The van der Waals surface area contributed by atoms with Gasteiger partial charge in [-0.1, -0.05) is 127 Å². The lowest BCUT2D eigenvalue weighted by atomic mass is 9.90. The van der Waals surface area contributed by atoms with Gasteiger partial charge in [-0.05, 0) is 119 Å². The number of rotatable bonds is 3. The molecule has 1 nitrogen and oxygen atoms in total. The summed E-state index contributed by atoms with van der Waals surface area (Å²) in [5, 5.41) is 12.4. The lowest BCUT2D eigenvalue weighted by molar-refractivity contribution is 0.669. The summed E-state index contributed by atoms with van der Waals surface area (Å²) < 4.78 is 6.26. The molecule has 0 saturated heterocycles. The molecule has 10 rings (SSSR count). The molecule has 0 amide bonds. The number of hydrogen-bond donors (Lipinski definition) is 0. The van der Waals surface area contributed by atoms with E-state index >= 15 is 0 Å². The molecular formula is C46H28O. The zero-order chi connectivity index (χ0) is 30.9. The maximum Gasteiger partial charge on any atom is 0.135 e. The summed E-state index contributed by atoms with van der Waals surface area (Å²) in [7, 11) is 0. The van der Waals surface area contributed by atoms with Crippen LogP contribution in [0.4, 0.5) is 0 Å². The fourth-order valence-electron chi connectivity index (χ4n) is 7.46. The quantitative estimate of drug-likeness (QED) is 0.185. The van der Waals surface area contributed by atoms with Crippen molar-refractivity contribution in [1.29, 1.82) is 0 Å². The second kappa shape index (κ2) is 10.2. The van der Waals surface area contributed by atoms with Gasteiger partial charge in [-0.2, -0.15) is 0 Å². The smallest absolute Gasteiger partial charge is 0.135 e. The monoisotopic (exact) mass is 596 g/mol. The Hall–Kier alpha value is -6.18. The number of furan rings is 1. The maximum atomic E-state index is 6.26. The Balaban J connectivity index is 1.12. The van der Waals surface area contributed by atoms with Gasteiger partial charge in [0.25, 0.3) is 0 Å². The third kappa shape index (κ3) is 4.17. The van der Waals surface area contributed by atoms with Gasteiger partial charge in [0.05, 0.1) is 0 Å². The van der Waals surface area contributed by atoms with Crippen LogP contribution in [0.5, 0.6) is 0 Å². The van der Waals surface area contributed by atoms with Crippen LogP contribution >= 0.6 is 0 Å². The van der Waals surface area contributed by atoms with E-state index in [1.807, 2.05) is 0 Å². The highest BCUT2D eigenvalue weighted by Gasteiger charge is 2.13. The highest BCUT2D eigenvalue weighted by molar-refractivity contribution is 6.21. The maximum absolute atomic E-state index is 6.26. The van der Waals surface area contributed by atoms with E-state index in [1.54, 1.807) is 0 Å². The van der Waals surface area contributed by atoms with Gasteiger partial charge in [-0.25, -0.2) is 0 Å². The molecule has 1 heterocycles. The van der Waals surface area contributed by atoms with Gasteiger partial charge in [0.15, 0.2) is 0 Å². The molecule has 1 heteroatoms. The van der Waals surface area contributed by atoms with Crippen molar-refractivity contribution in [3.05, 3.63) is 170 Å². The Bertz CT molecular complexity index is 2840.